The van der Waals surface area contributed by atoms with Gasteiger partial charge < -0.3 is 20.4 Å². The quantitative estimate of drug-likeness (QED) is 0.426. The number of fused-ring (bicyclic) bond motifs is 1. The maximum atomic E-state index is 12.8. The number of rotatable bonds is 6. The van der Waals surface area contributed by atoms with Crippen LogP contribution in [0.25, 0.3) is 11.0 Å². The van der Waals surface area contributed by atoms with Gasteiger partial charge in [-0.25, -0.2) is 4.98 Å². The molecule has 32 heavy (non-hydrogen) atoms. The monoisotopic (exact) mass is 426 g/mol. The second kappa shape index (κ2) is 8.85. The Morgan fingerprint density at radius 1 is 1.12 bits per heavy atom. The largest absolute Gasteiger partial charge is 0.457 e. The Bertz CT molecular complexity index is 1220. The van der Waals surface area contributed by atoms with Gasteiger partial charge >= 0.3 is 0 Å². The van der Waals surface area contributed by atoms with Crippen LogP contribution < -0.4 is 15.4 Å². The van der Waals surface area contributed by atoms with Crippen molar-refractivity contribution in [2.75, 3.05) is 6.54 Å². The normalized spacial score (nSPS) is 18.0. The van der Waals surface area contributed by atoms with E-state index in [0.717, 1.165) is 52.2 Å². The first kappa shape index (κ1) is 20.3. The van der Waals surface area contributed by atoms with E-state index in [1.807, 2.05) is 61.7 Å². The number of aromatic amines is 1. The van der Waals surface area contributed by atoms with E-state index in [4.69, 9.17) is 4.74 Å². The van der Waals surface area contributed by atoms with Crippen molar-refractivity contribution in [2.24, 2.45) is 0 Å². The van der Waals surface area contributed by atoms with Crippen LogP contribution in [0.4, 0.5) is 0 Å². The molecule has 0 saturated carbocycles. The van der Waals surface area contributed by atoms with Crippen LogP contribution in [0.5, 0.6) is 11.5 Å². The molecule has 2 unspecified atom stereocenters. The van der Waals surface area contributed by atoms with Gasteiger partial charge in [-0.1, -0.05) is 42.5 Å². The topological polar surface area (TPSA) is 79.0 Å². The summed E-state index contributed by atoms with van der Waals surface area (Å²) in [5.41, 5.74) is 4.15. The number of hydrogen-bond donors (Lipinski definition) is 3. The lowest BCUT2D eigenvalue weighted by Gasteiger charge is -2.20. The molecule has 3 N–H and O–H groups in total. The van der Waals surface area contributed by atoms with E-state index in [9.17, 15) is 4.79 Å². The number of nitrogens with one attached hydrogen (secondary N) is 3. The summed E-state index contributed by atoms with van der Waals surface area (Å²) in [4.78, 5) is 20.3. The summed E-state index contributed by atoms with van der Waals surface area (Å²) in [5.74, 6) is 1.72. The number of ether oxygens (including phenoxy) is 1. The van der Waals surface area contributed by atoms with Crippen LogP contribution in [0.3, 0.4) is 0 Å². The van der Waals surface area contributed by atoms with Crippen LogP contribution in [-0.2, 0) is 11.3 Å². The van der Waals surface area contributed by atoms with Gasteiger partial charge in [0.25, 0.3) is 0 Å². The van der Waals surface area contributed by atoms with Gasteiger partial charge in [0.1, 0.15) is 17.1 Å². The minimum atomic E-state index is -0.229. The average Bonchev–Trinajstić information content (AvgIpc) is 3.47. The highest BCUT2D eigenvalue weighted by molar-refractivity contribution is 5.86. The second-order valence-electron chi connectivity index (χ2n) is 8.21. The molecule has 5 rings (SSSR count). The molecule has 2 atom stereocenters. The van der Waals surface area contributed by atoms with Crippen LogP contribution in [0.2, 0.25) is 0 Å². The van der Waals surface area contributed by atoms with Gasteiger partial charge in [-0.15, -0.1) is 0 Å². The minimum absolute atomic E-state index is 0.0405. The molecule has 0 bridgehead atoms. The Labute approximate surface area is 187 Å². The maximum absolute atomic E-state index is 12.8. The van der Waals surface area contributed by atoms with Crippen LogP contribution in [0.15, 0.2) is 73.1 Å². The molecule has 3 heterocycles. The van der Waals surface area contributed by atoms with Crippen molar-refractivity contribution in [2.45, 2.75) is 31.8 Å². The number of amides is 1. The minimum Gasteiger partial charge on any atom is -0.457 e. The Morgan fingerprint density at radius 2 is 1.94 bits per heavy atom. The van der Waals surface area contributed by atoms with Crippen LogP contribution in [-0.4, -0.2) is 28.5 Å². The van der Waals surface area contributed by atoms with Gasteiger partial charge in [-0.05, 0) is 54.8 Å². The molecule has 1 amide bonds. The van der Waals surface area contributed by atoms with Gasteiger partial charge in [-0.3, -0.25) is 4.79 Å². The van der Waals surface area contributed by atoms with Crippen molar-refractivity contribution in [3.8, 4) is 11.5 Å². The predicted molar refractivity (Wildman–Crippen MR) is 125 cm³/mol. The van der Waals surface area contributed by atoms with Gasteiger partial charge in [0.05, 0.1) is 11.4 Å². The van der Waals surface area contributed by atoms with Gasteiger partial charge in [0.2, 0.25) is 5.91 Å². The molecule has 162 valence electrons. The Morgan fingerprint density at radius 3 is 2.75 bits per heavy atom. The van der Waals surface area contributed by atoms with E-state index in [2.05, 4.69) is 32.7 Å². The Balaban J connectivity index is 1.27. The summed E-state index contributed by atoms with van der Waals surface area (Å²) >= 11 is 0. The predicted octanol–water partition coefficient (Wildman–Crippen LogP) is 4.43. The molecule has 0 aliphatic carbocycles. The Hall–Kier alpha value is -3.64. The molecule has 2 aromatic carbocycles. The van der Waals surface area contributed by atoms with Gasteiger partial charge in [-0.2, -0.15) is 0 Å². The fraction of sp³-hybridized carbons (Fsp3) is 0.231. The number of aromatic nitrogens is 2. The molecule has 2 aromatic heterocycles. The first-order valence-corrected chi connectivity index (χ1v) is 10.9. The van der Waals surface area contributed by atoms with Crippen molar-refractivity contribution in [3.63, 3.8) is 0 Å². The van der Waals surface area contributed by atoms with E-state index < -0.39 is 0 Å². The summed E-state index contributed by atoms with van der Waals surface area (Å²) in [6.45, 7) is 3.40. The number of nitrogens with zero attached hydrogens (tertiary/aromatic N) is 1. The van der Waals surface area contributed by atoms with Crippen molar-refractivity contribution in [3.05, 3.63) is 89.7 Å². The molecular formula is C26H26N4O2. The number of aryl methyl sites for hydroxylation is 1. The van der Waals surface area contributed by atoms with E-state index in [1.54, 1.807) is 6.20 Å². The second-order valence-corrected chi connectivity index (χ2v) is 8.21. The highest BCUT2D eigenvalue weighted by Gasteiger charge is 2.33. The first-order chi connectivity index (χ1) is 15.7. The third-order valence-electron chi connectivity index (χ3n) is 6.08. The molecule has 6 heteroatoms. The molecular weight excluding hydrogens is 400 g/mol. The molecule has 6 nitrogen and oxygen atoms in total. The summed E-state index contributed by atoms with van der Waals surface area (Å²) in [6.07, 6.45) is 4.60. The van der Waals surface area contributed by atoms with Gasteiger partial charge in [0.15, 0.2) is 0 Å². The lowest BCUT2D eigenvalue weighted by Crippen LogP contribution is -2.42. The molecule has 1 saturated heterocycles. The van der Waals surface area contributed by atoms with E-state index in [0.29, 0.717) is 6.54 Å². The first-order valence-electron chi connectivity index (χ1n) is 10.9. The van der Waals surface area contributed by atoms with Crippen LogP contribution in [0.1, 0.15) is 29.0 Å². The van der Waals surface area contributed by atoms with E-state index >= 15 is 0 Å². The van der Waals surface area contributed by atoms with Crippen molar-refractivity contribution in [1.82, 2.24) is 20.6 Å². The zero-order valence-corrected chi connectivity index (χ0v) is 18.0. The molecule has 0 spiro atoms. The number of benzene rings is 2. The molecule has 1 aliphatic heterocycles. The van der Waals surface area contributed by atoms with Crippen molar-refractivity contribution >= 4 is 16.9 Å². The zero-order valence-electron chi connectivity index (χ0n) is 18.0. The highest BCUT2D eigenvalue weighted by atomic mass is 16.5. The molecule has 4 aromatic rings. The highest BCUT2D eigenvalue weighted by Crippen LogP contribution is 2.33. The SMILES string of the molecule is Cc1c[nH]c2nccc(Oc3ccc(C4CCNC4C(=O)NCc4ccccc4)cc3)c12. The number of pyridine rings is 1. The smallest absolute Gasteiger partial charge is 0.238 e. The third kappa shape index (κ3) is 4.09. The van der Waals surface area contributed by atoms with Crippen LogP contribution >= 0.6 is 0 Å². The van der Waals surface area contributed by atoms with E-state index in [-0.39, 0.29) is 17.9 Å². The fourth-order valence-corrected chi connectivity index (χ4v) is 4.41. The van der Waals surface area contributed by atoms with Crippen molar-refractivity contribution < 1.29 is 9.53 Å². The lowest BCUT2D eigenvalue weighted by molar-refractivity contribution is -0.123. The molecule has 0 radical (unpaired) electrons. The summed E-state index contributed by atoms with van der Waals surface area (Å²) < 4.78 is 6.16. The molecule has 1 aliphatic rings. The number of carbonyl (C=O) groups is 1. The third-order valence-corrected chi connectivity index (χ3v) is 6.08. The van der Waals surface area contributed by atoms with Crippen LogP contribution in [0, 0.1) is 6.92 Å². The fourth-order valence-electron chi connectivity index (χ4n) is 4.41. The number of H-pyrrole nitrogens is 1. The number of carbonyl (C=O) groups excluding carboxylic acids is 1. The Kier molecular flexibility index (Phi) is 5.60. The summed E-state index contributed by atoms with van der Waals surface area (Å²) in [5, 5.41) is 7.43. The lowest BCUT2D eigenvalue weighted by atomic mass is 9.91. The molecule has 1 fully saturated rings. The zero-order chi connectivity index (χ0) is 21.9. The summed E-state index contributed by atoms with van der Waals surface area (Å²) in [6, 6.07) is 19.7. The summed E-state index contributed by atoms with van der Waals surface area (Å²) in [7, 11) is 0. The maximum Gasteiger partial charge on any atom is 0.238 e. The van der Waals surface area contributed by atoms with Gasteiger partial charge in [0, 0.05) is 24.9 Å². The number of hydrogen-bond acceptors (Lipinski definition) is 4. The van der Waals surface area contributed by atoms with E-state index in [1.165, 1.54) is 0 Å². The average molecular weight is 427 g/mol. The van der Waals surface area contributed by atoms with Crippen molar-refractivity contribution in [1.29, 1.82) is 0 Å². The standard InChI is InChI=1S/C26H26N4O2/c1-17-15-29-25-23(17)22(12-14-28-25)32-20-9-7-19(8-10-20)21-11-13-27-24(21)26(31)30-16-18-5-3-2-4-6-18/h2-10,12,14-15,21,24,27H,11,13,16H2,1H3,(H,28,29)(H,30,31).